The molecule has 1 aliphatic heterocycles. The lowest BCUT2D eigenvalue weighted by molar-refractivity contribution is 0.275. The van der Waals surface area contributed by atoms with Gasteiger partial charge in [0.1, 0.15) is 5.69 Å². The van der Waals surface area contributed by atoms with E-state index >= 15 is 0 Å². The highest BCUT2D eigenvalue weighted by atomic mass is 16.5. The molecule has 0 radical (unpaired) electrons. The molecule has 1 saturated carbocycles. The van der Waals surface area contributed by atoms with E-state index in [2.05, 4.69) is 37.6 Å². The van der Waals surface area contributed by atoms with Crippen molar-refractivity contribution in [2.45, 2.75) is 51.5 Å². The van der Waals surface area contributed by atoms with Crippen LogP contribution < -0.4 is 10.6 Å². The monoisotopic (exact) mass is 411 g/mol. The van der Waals surface area contributed by atoms with Crippen LogP contribution in [-0.2, 0) is 6.42 Å². The van der Waals surface area contributed by atoms with Gasteiger partial charge in [0.05, 0.1) is 0 Å². The summed E-state index contributed by atoms with van der Waals surface area (Å²) >= 11 is 0. The molecule has 1 unspecified atom stereocenters. The Labute approximate surface area is 178 Å². The lowest BCUT2D eigenvalue weighted by Crippen LogP contribution is -2.45. The van der Waals surface area contributed by atoms with Crippen LogP contribution >= 0.6 is 0 Å². The van der Waals surface area contributed by atoms with E-state index in [1.807, 2.05) is 18.2 Å². The topological polar surface area (TPSA) is 91.5 Å². The number of aromatic nitrogens is 3. The Bertz CT molecular complexity index is 801. The minimum atomic E-state index is 0.452. The molecule has 2 aromatic heterocycles. The SMILES string of the molecule is CCNC(=NCCc1noc(-c2ccccn2)n1)NC1CCN(CC2CCCC2)C1. The fourth-order valence-electron chi connectivity index (χ4n) is 4.40. The average Bonchev–Trinajstić information content (AvgIpc) is 3.52. The second kappa shape index (κ2) is 10.5. The maximum absolute atomic E-state index is 5.32. The largest absolute Gasteiger partial charge is 0.357 e. The Morgan fingerprint density at radius 1 is 1.27 bits per heavy atom. The van der Waals surface area contributed by atoms with Crippen LogP contribution in [0.5, 0.6) is 0 Å². The minimum Gasteiger partial charge on any atom is -0.357 e. The van der Waals surface area contributed by atoms with Gasteiger partial charge in [-0.3, -0.25) is 9.98 Å². The molecule has 0 aromatic carbocycles. The quantitative estimate of drug-likeness (QED) is 0.509. The zero-order valence-corrected chi connectivity index (χ0v) is 17.9. The lowest BCUT2D eigenvalue weighted by Gasteiger charge is -2.21. The predicted octanol–water partition coefficient (Wildman–Crippen LogP) is 2.49. The predicted molar refractivity (Wildman–Crippen MR) is 117 cm³/mol. The van der Waals surface area contributed by atoms with Crippen molar-refractivity contribution in [3.8, 4) is 11.6 Å². The highest BCUT2D eigenvalue weighted by molar-refractivity contribution is 5.80. The molecule has 1 aliphatic carbocycles. The number of nitrogens with zero attached hydrogens (tertiary/aromatic N) is 5. The first-order chi connectivity index (χ1) is 14.8. The minimum absolute atomic E-state index is 0.452. The highest BCUT2D eigenvalue weighted by Crippen LogP contribution is 2.26. The first kappa shape index (κ1) is 20.8. The van der Waals surface area contributed by atoms with Crippen LogP contribution in [-0.4, -0.2) is 64.7 Å². The summed E-state index contributed by atoms with van der Waals surface area (Å²) in [7, 11) is 0. The Balaban J connectivity index is 1.25. The Morgan fingerprint density at radius 3 is 2.97 bits per heavy atom. The van der Waals surface area contributed by atoms with Crippen molar-refractivity contribution >= 4 is 5.96 Å². The molecule has 1 saturated heterocycles. The molecule has 0 spiro atoms. The van der Waals surface area contributed by atoms with E-state index in [1.54, 1.807) is 6.20 Å². The number of rotatable bonds is 8. The van der Waals surface area contributed by atoms with Crippen molar-refractivity contribution in [3.63, 3.8) is 0 Å². The molecule has 2 aliphatic rings. The van der Waals surface area contributed by atoms with Crippen LogP contribution in [0.3, 0.4) is 0 Å². The zero-order chi connectivity index (χ0) is 20.6. The molecule has 3 heterocycles. The summed E-state index contributed by atoms with van der Waals surface area (Å²) in [4.78, 5) is 16.0. The molecular formula is C22H33N7O. The van der Waals surface area contributed by atoms with Gasteiger partial charge < -0.3 is 20.1 Å². The molecule has 2 aromatic rings. The summed E-state index contributed by atoms with van der Waals surface area (Å²) in [6, 6.07) is 6.09. The molecule has 8 heteroatoms. The van der Waals surface area contributed by atoms with E-state index in [0.717, 1.165) is 25.0 Å². The zero-order valence-electron chi connectivity index (χ0n) is 17.9. The number of hydrogen-bond acceptors (Lipinski definition) is 6. The van der Waals surface area contributed by atoms with E-state index in [9.17, 15) is 0 Å². The summed E-state index contributed by atoms with van der Waals surface area (Å²) in [5, 5.41) is 11.0. The number of guanidine groups is 1. The number of nitrogens with one attached hydrogen (secondary N) is 2. The summed E-state index contributed by atoms with van der Waals surface area (Å²) in [6.07, 6.45) is 9.19. The van der Waals surface area contributed by atoms with Crippen molar-refractivity contribution in [1.29, 1.82) is 0 Å². The van der Waals surface area contributed by atoms with Crippen LogP contribution in [0, 0.1) is 5.92 Å². The first-order valence-electron chi connectivity index (χ1n) is 11.3. The van der Waals surface area contributed by atoms with Gasteiger partial charge >= 0.3 is 0 Å². The van der Waals surface area contributed by atoms with E-state index in [-0.39, 0.29) is 0 Å². The lowest BCUT2D eigenvalue weighted by atomic mass is 10.1. The molecule has 2 N–H and O–H groups in total. The highest BCUT2D eigenvalue weighted by Gasteiger charge is 2.26. The summed E-state index contributed by atoms with van der Waals surface area (Å²) in [5.41, 5.74) is 0.693. The fourth-order valence-corrected chi connectivity index (χ4v) is 4.40. The molecule has 2 fully saturated rings. The summed E-state index contributed by atoms with van der Waals surface area (Å²) in [6.45, 7) is 7.11. The number of hydrogen-bond donors (Lipinski definition) is 2. The van der Waals surface area contributed by atoms with Crippen LogP contribution in [0.1, 0.15) is 44.9 Å². The van der Waals surface area contributed by atoms with E-state index in [1.165, 1.54) is 45.2 Å². The average molecular weight is 412 g/mol. The van der Waals surface area contributed by atoms with E-state index in [4.69, 9.17) is 9.52 Å². The number of pyridine rings is 1. The van der Waals surface area contributed by atoms with Crippen molar-refractivity contribution in [3.05, 3.63) is 30.2 Å². The molecule has 162 valence electrons. The molecule has 0 bridgehead atoms. The summed E-state index contributed by atoms with van der Waals surface area (Å²) in [5.74, 6) is 2.89. The summed E-state index contributed by atoms with van der Waals surface area (Å²) < 4.78 is 5.32. The Kier molecular flexibility index (Phi) is 7.29. The van der Waals surface area contributed by atoms with Crippen LogP contribution in [0.25, 0.3) is 11.6 Å². The van der Waals surface area contributed by atoms with Gasteiger partial charge in [-0.05, 0) is 44.2 Å². The number of likely N-dealkylation sites (tertiary alicyclic amines) is 1. The third-order valence-electron chi connectivity index (χ3n) is 5.91. The molecule has 1 atom stereocenters. The van der Waals surface area contributed by atoms with Gasteiger partial charge in [-0.25, -0.2) is 0 Å². The standard InChI is InChI=1S/C22H33N7O/c1-2-23-22(26-18-11-14-29(16-18)15-17-7-3-4-8-17)25-13-10-20-27-21(30-28-20)19-9-5-6-12-24-19/h5-6,9,12,17-18H,2-4,7-8,10-11,13-16H2,1H3,(H2,23,25,26). The maximum atomic E-state index is 5.32. The maximum Gasteiger partial charge on any atom is 0.276 e. The molecule has 30 heavy (non-hydrogen) atoms. The van der Waals surface area contributed by atoms with Gasteiger partial charge in [0.15, 0.2) is 11.8 Å². The molecular weight excluding hydrogens is 378 g/mol. The Morgan fingerprint density at radius 2 is 2.17 bits per heavy atom. The second-order valence-electron chi connectivity index (χ2n) is 8.28. The smallest absolute Gasteiger partial charge is 0.276 e. The third kappa shape index (κ3) is 5.78. The van der Waals surface area contributed by atoms with Gasteiger partial charge in [0.2, 0.25) is 0 Å². The Hall–Kier alpha value is -2.48. The second-order valence-corrected chi connectivity index (χ2v) is 8.28. The van der Waals surface area contributed by atoms with Gasteiger partial charge in [-0.15, -0.1) is 0 Å². The van der Waals surface area contributed by atoms with Crippen molar-refractivity contribution < 1.29 is 4.52 Å². The van der Waals surface area contributed by atoms with Gasteiger partial charge in [0, 0.05) is 51.4 Å². The normalized spacial score (nSPS) is 20.7. The van der Waals surface area contributed by atoms with Crippen molar-refractivity contribution in [2.75, 3.05) is 32.7 Å². The fraction of sp³-hybridized carbons (Fsp3) is 0.636. The van der Waals surface area contributed by atoms with Crippen LogP contribution in [0.4, 0.5) is 0 Å². The first-order valence-corrected chi connectivity index (χ1v) is 11.3. The van der Waals surface area contributed by atoms with E-state index < -0.39 is 0 Å². The van der Waals surface area contributed by atoms with Gasteiger partial charge in [-0.2, -0.15) is 4.98 Å². The van der Waals surface area contributed by atoms with Crippen molar-refractivity contribution in [2.24, 2.45) is 10.9 Å². The van der Waals surface area contributed by atoms with Crippen LogP contribution in [0.2, 0.25) is 0 Å². The third-order valence-corrected chi connectivity index (χ3v) is 5.91. The van der Waals surface area contributed by atoms with Crippen LogP contribution in [0.15, 0.2) is 33.9 Å². The van der Waals surface area contributed by atoms with E-state index in [0.29, 0.717) is 36.4 Å². The van der Waals surface area contributed by atoms with Gasteiger partial charge in [-0.1, -0.05) is 24.1 Å². The molecule has 8 nitrogen and oxygen atoms in total. The van der Waals surface area contributed by atoms with Crippen molar-refractivity contribution in [1.82, 2.24) is 30.7 Å². The number of aliphatic imine (C=N–C) groups is 1. The van der Waals surface area contributed by atoms with Gasteiger partial charge in [0.25, 0.3) is 5.89 Å². The molecule has 4 rings (SSSR count). The molecule has 0 amide bonds.